The number of anilines is 1. The van der Waals surface area contributed by atoms with Gasteiger partial charge in [0.15, 0.2) is 11.5 Å². The highest BCUT2D eigenvalue weighted by Crippen LogP contribution is 2.40. The van der Waals surface area contributed by atoms with E-state index in [9.17, 15) is 4.79 Å². The molecule has 0 saturated carbocycles. The molecule has 9 heteroatoms. The van der Waals surface area contributed by atoms with E-state index in [1.807, 2.05) is 18.2 Å². The fraction of sp³-hybridized carbons (Fsp3) is 0.441. The first-order valence-electron chi connectivity index (χ1n) is 14.9. The van der Waals surface area contributed by atoms with Crippen molar-refractivity contribution in [1.82, 2.24) is 10.2 Å². The van der Waals surface area contributed by atoms with Gasteiger partial charge in [-0.2, -0.15) is 0 Å². The van der Waals surface area contributed by atoms with Crippen LogP contribution in [0.3, 0.4) is 0 Å². The second-order valence-corrected chi connectivity index (χ2v) is 12.1. The van der Waals surface area contributed by atoms with Crippen molar-refractivity contribution in [1.29, 1.82) is 0 Å². The molecule has 0 radical (unpaired) electrons. The molecule has 2 unspecified atom stereocenters. The molecule has 4 rings (SSSR count). The van der Waals surface area contributed by atoms with Gasteiger partial charge in [0.1, 0.15) is 0 Å². The van der Waals surface area contributed by atoms with Crippen molar-refractivity contribution >= 4 is 34.9 Å². The lowest BCUT2D eigenvalue weighted by Gasteiger charge is -2.33. The number of rotatable bonds is 13. The van der Waals surface area contributed by atoms with Gasteiger partial charge in [0.05, 0.1) is 37.1 Å². The molecule has 0 spiro atoms. The van der Waals surface area contributed by atoms with Crippen LogP contribution in [0.1, 0.15) is 49.3 Å². The predicted molar refractivity (Wildman–Crippen MR) is 176 cm³/mol. The molecule has 1 aliphatic heterocycles. The molecule has 232 valence electrons. The Kier molecular flexibility index (Phi) is 12.3. The van der Waals surface area contributed by atoms with Gasteiger partial charge >= 0.3 is 6.03 Å². The molecule has 1 fully saturated rings. The molecule has 0 bridgehead atoms. The number of ether oxygens (including phenoxy) is 3. The molecule has 1 aliphatic rings. The molecule has 2 N–H and O–H groups in total. The minimum absolute atomic E-state index is 0.00549. The minimum atomic E-state index is -0.255. The summed E-state index contributed by atoms with van der Waals surface area (Å²) < 4.78 is 16.3. The Bertz CT molecular complexity index is 1320. The third-order valence-electron chi connectivity index (χ3n) is 8.13. The monoisotopic (exact) mass is 627 g/mol. The third-order valence-corrected chi connectivity index (χ3v) is 8.87. The van der Waals surface area contributed by atoms with Crippen molar-refractivity contribution in [3.63, 3.8) is 0 Å². The molecule has 0 aromatic heterocycles. The largest absolute Gasteiger partial charge is 0.493 e. The minimum Gasteiger partial charge on any atom is -0.493 e. The number of hydrogen-bond acceptors (Lipinski definition) is 5. The molecule has 3 aromatic rings. The van der Waals surface area contributed by atoms with Crippen LogP contribution in [0.2, 0.25) is 10.0 Å². The topological polar surface area (TPSA) is 72.1 Å². The van der Waals surface area contributed by atoms with Crippen molar-refractivity contribution in [2.75, 3.05) is 46.3 Å². The van der Waals surface area contributed by atoms with Crippen molar-refractivity contribution in [3.05, 3.63) is 81.3 Å². The lowest BCUT2D eigenvalue weighted by atomic mass is 9.92. The second kappa shape index (κ2) is 16.1. The van der Waals surface area contributed by atoms with E-state index in [0.717, 1.165) is 44.5 Å². The van der Waals surface area contributed by atoms with Crippen LogP contribution in [0.4, 0.5) is 10.5 Å². The Morgan fingerprint density at radius 2 is 1.47 bits per heavy atom. The summed E-state index contributed by atoms with van der Waals surface area (Å²) >= 11 is 12.3. The number of methoxy groups -OCH3 is 3. The molecular formula is C34H43Cl2N3O4. The van der Waals surface area contributed by atoms with Gasteiger partial charge in [-0.25, -0.2) is 4.79 Å². The summed E-state index contributed by atoms with van der Waals surface area (Å²) in [5, 5.41) is 7.39. The number of amides is 2. The summed E-state index contributed by atoms with van der Waals surface area (Å²) in [4.78, 5) is 15.7. The maximum atomic E-state index is 13.3. The maximum Gasteiger partial charge on any atom is 0.319 e. The first-order valence-corrected chi connectivity index (χ1v) is 15.7. The van der Waals surface area contributed by atoms with Crippen LogP contribution in [-0.2, 0) is 12.8 Å². The highest BCUT2D eigenvalue weighted by Gasteiger charge is 2.24. The van der Waals surface area contributed by atoms with E-state index in [0.29, 0.717) is 33.0 Å². The van der Waals surface area contributed by atoms with Gasteiger partial charge < -0.3 is 29.7 Å². The Balaban J connectivity index is 1.38. The van der Waals surface area contributed by atoms with Crippen molar-refractivity contribution in [2.45, 2.75) is 51.5 Å². The van der Waals surface area contributed by atoms with Gasteiger partial charge in [0.2, 0.25) is 5.75 Å². The molecule has 3 aromatic carbocycles. The Morgan fingerprint density at radius 3 is 2.07 bits per heavy atom. The molecule has 1 heterocycles. The molecule has 1 saturated heterocycles. The van der Waals surface area contributed by atoms with E-state index in [-0.39, 0.29) is 18.0 Å². The number of carbonyl (C=O) groups excluding carboxylic acids is 1. The zero-order valence-electron chi connectivity index (χ0n) is 25.6. The Labute approximate surface area is 265 Å². The van der Waals surface area contributed by atoms with Crippen LogP contribution in [0, 0.1) is 5.92 Å². The molecule has 43 heavy (non-hydrogen) atoms. The smallest absolute Gasteiger partial charge is 0.319 e. The van der Waals surface area contributed by atoms with Crippen LogP contribution >= 0.6 is 23.2 Å². The number of halogens is 2. The lowest BCUT2D eigenvalue weighted by Crippen LogP contribution is -2.49. The Morgan fingerprint density at radius 1 is 0.837 bits per heavy atom. The number of likely N-dealkylation sites (tertiary alicyclic amines) is 1. The van der Waals surface area contributed by atoms with E-state index in [1.54, 1.807) is 33.5 Å². The van der Waals surface area contributed by atoms with Crippen LogP contribution in [0.15, 0.2) is 54.6 Å². The molecular weight excluding hydrogens is 585 g/mol. The molecule has 0 aliphatic carbocycles. The van der Waals surface area contributed by atoms with Gasteiger partial charge in [-0.05, 0) is 79.9 Å². The summed E-state index contributed by atoms with van der Waals surface area (Å²) in [7, 11) is 4.67. The summed E-state index contributed by atoms with van der Waals surface area (Å²) in [5.74, 6) is 1.72. The van der Waals surface area contributed by atoms with Gasteiger partial charge in [0, 0.05) is 24.7 Å². The number of hydrogen-bond donors (Lipinski definition) is 2. The fourth-order valence-corrected chi connectivity index (χ4v) is 5.90. The van der Waals surface area contributed by atoms with Crippen LogP contribution in [0.25, 0.3) is 0 Å². The van der Waals surface area contributed by atoms with Crippen LogP contribution in [-0.4, -0.2) is 57.9 Å². The standard InChI is InChI=1S/C34H43Cl2N3O4/c1-23(8-9-24-10-12-25(13-11-24)18-26-14-15-28(35)29(36)19-26)30(22-39-16-6-5-7-17-39)38-34(40)37-27-20-31(41-2)33(43-4)32(21-27)42-3/h10-15,19-21,23,30H,5-9,16-18,22H2,1-4H3,(H2,37,38,40). The van der Waals surface area contributed by atoms with Crippen LogP contribution in [0.5, 0.6) is 17.2 Å². The van der Waals surface area contributed by atoms with E-state index < -0.39 is 0 Å². The average Bonchev–Trinajstić information content (AvgIpc) is 3.02. The molecule has 2 atom stereocenters. The quantitative estimate of drug-likeness (QED) is 0.202. The van der Waals surface area contributed by atoms with Crippen molar-refractivity contribution in [3.8, 4) is 17.2 Å². The number of piperidine rings is 1. The molecule has 7 nitrogen and oxygen atoms in total. The van der Waals surface area contributed by atoms with Gasteiger partial charge in [-0.1, -0.05) is 66.9 Å². The van der Waals surface area contributed by atoms with E-state index in [2.05, 4.69) is 46.7 Å². The zero-order valence-corrected chi connectivity index (χ0v) is 27.1. The van der Waals surface area contributed by atoms with Gasteiger partial charge in [-0.3, -0.25) is 0 Å². The van der Waals surface area contributed by atoms with Gasteiger partial charge in [-0.15, -0.1) is 0 Å². The maximum absolute atomic E-state index is 13.3. The average molecular weight is 629 g/mol. The molecule has 2 amide bonds. The predicted octanol–water partition coefficient (Wildman–Crippen LogP) is 7.85. The lowest BCUT2D eigenvalue weighted by molar-refractivity contribution is 0.181. The summed E-state index contributed by atoms with van der Waals surface area (Å²) in [5.41, 5.74) is 4.20. The van der Waals surface area contributed by atoms with Crippen molar-refractivity contribution < 1.29 is 19.0 Å². The summed E-state index contributed by atoms with van der Waals surface area (Å²) in [6, 6.07) is 17.7. The fourth-order valence-electron chi connectivity index (χ4n) is 5.58. The number of aryl methyl sites for hydroxylation is 1. The number of nitrogens with zero attached hydrogens (tertiary/aromatic N) is 1. The van der Waals surface area contributed by atoms with E-state index >= 15 is 0 Å². The highest BCUT2D eigenvalue weighted by atomic mass is 35.5. The summed E-state index contributed by atoms with van der Waals surface area (Å²) in [6.45, 7) is 5.19. The zero-order chi connectivity index (χ0) is 30.8. The van der Waals surface area contributed by atoms with Crippen molar-refractivity contribution in [2.24, 2.45) is 5.92 Å². The first-order chi connectivity index (χ1) is 20.8. The summed E-state index contributed by atoms with van der Waals surface area (Å²) in [6.07, 6.45) is 6.36. The number of carbonyl (C=O) groups is 1. The van der Waals surface area contributed by atoms with E-state index in [1.165, 1.54) is 30.4 Å². The number of urea groups is 1. The SMILES string of the molecule is COc1cc(NC(=O)NC(CN2CCCCC2)C(C)CCc2ccc(Cc3ccc(Cl)c(Cl)c3)cc2)cc(OC)c1OC. The first kappa shape index (κ1) is 32.8. The van der Waals surface area contributed by atoms with Crippen LogP contribution < -0.4 is 24.8 Å². The number of nitrogens with one attached hydrogen (secondary N) is 2. The second-order valence-electron chi connectivity index (χ2n) is 11.2. The van der Waals surface area contributed by atoms with E-state index in [4.69, 9.17) is 37.4 Å². The third kappa shape index (κ3) is 9.43. The number of benzene rings is 3. The highest BCUT2D eigenvalue weighted by molar-refractivity contribution is 6.42. The van der Waals surface area contributed by atoms with Gasteiger partial charge in [0.25, 0.3) is 0 Å². The Hall–Kier alpha value is -3.13. The normalized spacial score (nSPS) is 14.9.